The molecule has 5 heteroatoms. The standard InChI is InChI=1S/C15H19NO3S/c17-15(16-12-7-8-20(18)10-12)13-3-1-2-4-14(13)19-9-11-5-6-11/h1-4,11-12H,5-10H2,(H,16,17). The molecule has 2 atom stereocenters. The summed E-state index contributed by atoms with van der Waals surface area (Å²) in [4.78, 5) is 12.3. The molecule has 1 amide bonds. The quantitative estimate of drug-likeness (QED) is 0.899. The van der Waals surface area contributed by atoms with Crippen molar-refractivity contribution >= 4 is 16.7 Å². The molecule has 0 spiro atoms. The molecule has 3 rings (SSSR count). The van der Waals surface area contributed by atoms with Gasteiger partial charge in [0.1, 0.15) is 5.75 Å². The van der Waals surface area contributed by atoms with E-state index in [9.17, 15) is 9.00 Å². The second-order valence-corrected chi connectivity index (χ2v) is 7.14. The van der Waals surface area contributed by atoms with Crippen LogP contribution < -0.4 is 10.1 Å². The van der Waals surface area contributed by atoms with Gasteiger partial charge in [-0.05, 0) is 37.3 Å². The Hall–Kier alpha value is -1.36. The Morgan fingerprint density at radius 2 is 2.10 bits per heavy atom. The number of carbonyl (C=O) groups is 1. The van der Waals surface area contributed by atoms with E-state index < -0.39 is 10.8 Å². The second-order valence-electron chi connectivity index (χ2n) is 5.52. The predicted octanol–water partition coefficient (Wildman–Crippen LogP) is 1.73. The molecule has 1 saturated carbocycles. The van der Waals surface area contributed by atoms with Crippen LogP contribution in [0.4, 0.5) is 0 Å². The number of ether oxygens (including phenoxy) is 1. The summed E-state index contributed by atoms with van der Waals surface area (Å²) in [5, 5.41) is 2.96. The molecule has 1 aromatic carbocycles. The third-order valence-corrected chi connectivity index (χ3v) is 5.18. The number of amides is 1. The number of hydrogen-bond acceptors (Lipinski definition) is 3. The van der Waals surface area contributed by atoms with Crippen LogP contribution in [0.1, 0.15) is 29.6 Å². The van der Waals surface area contributed by atoms with Crippen LogP contribution in [0.5, 0.6) is 5.75 Å². The molecule has 1 heterocycles. The normalized spacial score (nSPS) is 25.4. The van der Waals surface area contributed by atoms with Gasteiger partial charge in [-0.25, -0.2) is 0 Å². The number of rotatable bonds is 5. The molecule has 0 bridgehead atoms. The molecule has 1 aliphatic heterocycles. The third-order valence-electron chi connectivity index (χ3n) is 3.72. The van der Waals surface area contributed by atoms with Crippen molar-refractivity contribution in [2.24, 2.45) is 5.92 Å². The lowest BCUT2D eigenvalue weighted by Gasteiger charge is -2.14. The Morgan fingerprint density at radius 1 is 1.30 bits per heavy atom. The van der Waals surface area contributed by atoms with Crippen LogP contribution in [0.2, 0.25) is 0 Å². The van der Waals surface area contributed by atoms with E-state index in [2.05, 4.69) is 5.32 Å². The molecule has 108 valence electrons. The summed E-state index contributed by atoms with van der Waals surface area (Å²) in [5.41, 5.74) is 0.575. The lowest BCUT2D eigenvalue weighted by atomic mass is 10.1. The maximum Gasteiger partial charge on any atom is 0.255 e. The van der Waals surface area contributed by atoms with E-state index in [1.165, 1.54) is 12.8 Å². The zero-order chi connectivity index (χ0) is 13.9. The lowest BCUT2D eigenvalue weighted by molar-refractivity contribution is 0.0936. The molecule has 0 radical (unpaired) electrons. The van der Waals surface area contributed by atoms with Crippen LogP contribution in [0.25, 0.3) is 0 Å². The summed E-state index contributed by atoms with van der Waals surface area (Å²) < 4.78 is 17.1. The highest BCUT2D eigenvalue weighted by molar-refractivity contribution is 7.85. The van der Waals surface area contributed by atoms with Crippen LogP contribution in [-0.4, -0.2) is 34.3 Å². The van der Waals surface area contributed by atoms with Crippen LogP contribution in [0.15, 0.2) is 24.3 Å². The molecule has 1 N–H and O–H groups in total. The smallest absolute Gasteiger partial charge is 0.255 e. The molecule has 2 fully saturated rings. The number of para-hydroxylation sites is 1. The van der Waals surface area contributed by atoms with Gasteiger partial charge in [-0.15, -0.1) is 0 Å². The first kappa shape index (κ1) is 13.6. The van der Waals surface area contributed by atoms with Gasteiger partial charge >= 0.3 is 0 Å². The van der Waals surface area contributed by atoms with E-state index in [-0.39, 0.29) is 11.9 Å². The largest absolute Gasteiger partial charge is 0.492 e. The summed E-state index contributed by atoms with van der Waals surface area (Å²) in [6.07, 6.45) is 3.24. The highest BCUT2D eigenvalue weighted by Gasteiger charge is 2.25. The monoisotopic (exact) mass is 293 g/mol. The van der Waals surface area contributed by atoms with E-state index in [0.717, 1.165) is 6.42 Å². The van der Waals surface area contributed by atoms with E-state index in [1.807, 2.05) is 18.2 Å². The van der Waals surface area contributed by atoms with E-state index >= 15 is 0 Å². The number of benzene rings is 1. The molecule has 20 heavy (non-hydrogen) atoms. The Morgan fingerprint density at radius 3 is 2.80 bits per heavy atom. The fourth-order valence-corrected chi connectivity index (χ4v) is 3.73. The Balaban J connectivity index is 1.64. The van der Waals surface area contributed by atoms with Crippen molar-refractivity contribution in [1.82, 2.24) is 5.32 Å². The van der Waals surface area contributed by atoms with Crippen molar-refractivity contribution in [3.05, 3.63) is 29.8 Å². The van der Waals surface area contributed by atoms with Gasteiger partial charge in [0.05, 0.1) is 12.2 Å². The van der Waals surface area contributed by atoms with Gasteiger partial charge in [0.2, 0.25) is 0 Å². The summed E-state index contributed by atoms with van der Waals surface area (Å²) in [6.45, 7) is 0.692. The fraction of sp³-hybridized carbons (Fsp3) is 0.533. The van der Waals surface area contributed by atoms with Crippen LogP contribution in [0.3, 0.4) is 0 Å². The molecule has 1 saturated heterocycles. The van der Waals surface area contributed by atoms with Gasteiger partial charge in [-0.2, -0.15) is 0 Å². The summed E-state index contributed by atoms with van der Waals surface area (Å²) in [7, 11) is -0.778. The zero-order valence-electron chi connectivity index (χ0n) is 11.3. The molecular weight excluding hydrogens is 274 g/mol. The third kappa shape index (κ3) is 3.39. The van der Waals surface area contributed by atoms with Gasteiger partial charge in [0.15, 0.2) is 0 Å². The van der Waals surface area contributed by atoms with Crippen molar-refractivity contribution in [2.75, 3.05) is 18.1 Å². The maximum absolute atomic E-state index is 12.3. The van der Waals surface area contributed by atoms with Gasteiger partial charge in [0, 0.05) is 28.3 Å². The van der Waals surface area contributed by atoms with Gasteiger partial charge in [-0.3, -0.25) is 9.00 Å². The molecular formula is C15H19NO3S. The lowest BCUT2D eigenvalue weighted by Crippen LogP contribution is -2.35. The van der Waals surface area contributed by atoms with Crippen LogP contribution >= 0.6 is 0 Å². The van der Waals surface area contributed by atoms with Crippen molar-refractivity contribution in [2.45, 2.75) is 25.3 Å². The first-order chi connectivity index (χ1) is 9.72. The zero-order valence-corrected chi connectivity index (χ0v) is 12.2. The van der Waals surface area contributed by atoms with Gasteiger partial charge in [-0.1, -0.05) is 12.1 Å². The molecule has 1 aliphatic carbocycles. The van der Waals surface area contributed by atoms with Crippen molar-refractivity contribution in [1.29, 1.82) is 0 Å². The first-order valence-electron chi connectivity index (χ1n) is 7.10. The van der Waals surface area contributed by atoms with Gasteiger partial charge in [0.25, 0.3) is 5.91 Å². The van der Waals surface area contributed by atoms with Crippen molar-refractivity contribution in [3.8, 4) is 5.75 Å². The minimum Gasteiger partial charge on any atom is -0.492 e. The number of nitrogens with one attached hydrogen (secondary N) is 1. The summed E-state index contributed by atoms with van der Waals surface area (Å²) in [5.74, 6) is 2.43. The van der Waals surface area contributed by atoms with E-state index in [0.29, 0.717) is 35.3 Å². The van der Waals surface area contributed by atoms with Crippen LogP contribution in [0, 0.1) is 5.92 Å². The molecule has 2 aliphatic rings. The average molecular weight is 293 g/mol. The van der Waals surface area contributed by atoms with E-state index in [1.54, 1.807) is 6.07 Å². The first-order valence-corrected chi connectivity index (χ1v) is 8.59. The topological polar surface area (TPSA) is 55.4 Å². The Bertz CT molecular complexity index is 528. The van der Waals surface area contributed by atoms with Crippen LogP contribution in [-0.2, 0) is 10.8 Å². The molecule has 0 aromatic heterocycles. The SMILES string of the molecule is O=C(NC1CCS(=O)C1)c1ccccc1OCC1CC1. The van der Waals surface area contributed by atoms with Gasteiger partial charge < -0.3 is 10.1 Å². The maximum atomic E-state index is 12.3. The fourth-order valence-electron chi connectivity index (χ4n) is 2.31. The van der Waals surface area contributed by atoms with E-state index in [4.69, 9.17) is 4.74 Å². The minimum absolute atomic E-state index is 0.0276. The highest BCUT2D eigenvalue weighted by atomic mass is 32.2. The average Bonchev–Trinajstić information content (AvgIpc) is 3.19. The minimum atomic E-state index is -0.778. The molecule has 4 nitrogen and oxygen atoms in total. The summed E-state index contributed by atoms with van der Waals surface area (Å²) >= 11 is 0. The summed E-state index contributed by atoms with van der Waals surface area (Å²) in [6, 6.07) is 7.36. The second kappa shape index (κ2) is 5.95. The molecule has 2 unspecified atom stereocenters. The highest BCUT2D eigenvalue weighted by Crippen LogP contribution is 2.30. The van der Waals surface area contributed by atoms with Crippen molar-refractivity contribution < 1.29 is 13.7 Å². The van der Waals surface area contributed by atoms with Crippen molar-refractivity contribution in [3.63, 3.8) is 0 Å². The predicted molar refractivity (Wildman–Crippen MR) is 78.4 cm³/mol. The number of hydrogen-bond donors (Lipinski definition) is 1. The number of carbonyl (C=O) groups excluding carboxylic acids is 1. The Kier molecular flexibility index (Phi) is 4.05. The Labute approximate surface area is 121 Å². The molecule has 1 aromatic rings.